The summed E-state index contributed by atoms with van der Waals surface area (Å²) in [4.78, 5) is 12.0. The van der Waals surface area contributed by atoms with E-state index < -0.39 is 0 Å². The van der Waals surface area contributed by atoms with Crippen molar-refractivity contribution < 1.29 is 4.79 Å². The molecule has 2 aromatic rings. The third kappa shape index (κ3) is 7.15. The summed E-state index contributed by atoms with van der Waals surface area (Å²) in [5, 5.41) is 7.25. The average molecular weight is 351 g/mol. The van der Waals surface area contributed by atoms with Gasteiger partial charge in [0.2, 0.25) is 5.91 Å². The summed E-state index contributed by atoms with van der Waals surface area (Å²) < 4.78 is 1.85. The molecule has 2 rings (SSSR count). The number of anilines is 1. The number of carbonyl (C=O) groups excluding carboxylic acids is 1. The average Bonchev–Trinajstić information content (AvgIpc) is 3.01. The highest BCUT2D eigenvalue weighted by atomic mass is 35.5. The fourth-order valence-corrected chi connectivity index (χ4v) is 2.49. The molecule has 1 aromatic heterocycles. The maximum Gasteiger partial charge on any atom is 0.225 e. The SMILES string of the molecule is Cl.NCCCCCCC(=O)Nc1ccnn1CCc1ccccc1. The van der Waals surface area contributed by atoms with Gasteiger partial charge in [0, 0.05) is 19.0 Å². The number of amides is 1. The van der Waals surface area contributed by atoms with Crippen LogP contribution < -0.4 is 11.1 Å². The fourth-order valence-electron chi connectivity index (χ4n) is 2.49. The van der Waals surface area contributed by atoms with E-state index in [1.165, 1.54) is 5.56 Å². The fraction of sp³-hybridized carbons (Fsp3) is 0.444. The lowest BCUT2D eigenvalue weighted by Gasteiger charge is -2.09. The Hall–Kier alpha value is -1.85. The molecule has 1 aromatic carbocycles. The molecule has 132 valence electrons. The van der Waals surface area contributed by atoms with Crippen molar-refractivity contribution in [2.45, 2.75) is 45.1 Å². The van der Waals surface area contributed by atoms with Gasteiger partial charge in [-0.05, 0) is 31.4 Å². The van der Waals surface area contributed by atoms with Crippen molar-refractivity contribution >= 4 is 24.1 Å². The normalized spacial score (nSPS) is 10.2. The summed E-state index contributed by atoms with van der Waals surface area (Å²) in [7, 11) is 0. The van der Waals surface area contributed by atoms with Crippen molar-refractivity contribution in [2.24, 2.45) is 5.73 Å². The first-order chi connectivity index (χ1) is 11.3. The summed E-state index contributed by atoms with van der Waals surface area (Å²) in [5.41, 5.74) is 6.72. The minimum atomic E-state index is 0. The minimum Gasteiger partial charge on any atom is -0.330 e. The van der Waals surface area contributed by atoms with Gasteiger partial charge in [0.1, 0.15) is 5.82 Å². The van der Waals surface area contributed by atoms with Crippen LogP contribution in [0.25, 0.3) is 0 Å². The summed E-state index contributed by atoms with van der Waals surface area (Å²) >= 11 is 0. The van der Waals surface area contributed by atoms with E-state index in [9.17, 15) is 4.79 Å². The Balaban J connectivity index is 0.00000288. The van der Waals surface area contributed by atoms with E-state index in [2.05, 4.69) is 22.5 Å². The zero-order valence-corrected chi connectivity index (χ0v) is 14.8. The highest BCUT2D eigenvalue weighted by Crippen LogP contribution is 2.10. The van der Waals surface area contributed by atoms with Gasteiger partial charge in [-0.15, -0.1) is 12.4 Å². The van der Waals surface area contributed by atoms with Crippen LogP contribution in [0.2, 0.25) is 0 Å². The molecule has 0 atom stereocenters. The van der Waals surface area contributed by atoms with Gasteiger partial charge < -0.3 is 11.1 Å². The molecule has 0 fully saturated rings. The van der Waals surface area contributed by atoms with Gasteiger partial charge in [-0.25, -0.2) is 4.68 Å². The lowest BCUT2D eigenvalue weighted by atomic mass is 10.1. The Bertz CT molecular complexity index is 586. The van der Waals surface area contributed by atoms with Gasteiger partial charge in [0.25, 0.3) is 0 Å². The van der Waals surface area contributed by atoms with Gasteiger partial charge in [-0.1, -0.05) is 43.2 Å². The number of benzene rings is 1. The number of halogens is 1. The second-order valence-corrected chi connectivity index (χ2v) is 5.68. The van der Waals surface area contributed by atoms with Gasteiger partial charge in [-0.3, -0.25) is 4.79 Å². The lowest BCUT2D eigenvalue weighted by Crippen LogP contribution is -2.16. The highest BCUT2D eigenvalue weighted by molar-refractivity contribution is 5.89. The predicted molar refractivity (Wildman–Crippen MR) is 100 cm³/mol. The van der Waals surface area contributed by atoms with Crippen LogP contribution in [0.15, 0.2) is 42.6 Å². The summed E-state index contributed by atoms with van der Waals surface area (Å²) in [6.45, 7) is 1.48. The van der Waals surface area contributed by atoms with E-state index in [0.29, 0.717) is 6.42 Å². The second kappa shape index (κ2) is 11.6. The van der Waals surface area contributed by atoms with Crippen molar-refractivity contribution in [3.8, 4) is 0 Å². The summed E-state index contributed by atoms with van der Waals surface area (Å²) in [6.07, 6.45) is 7.26. The van der Waals surface area contributed by atoms with Crippen molar-refractivity contribution in [1.82, 2.24) is 9.78 Å². The molecular weight excluding hydrogens is 324 g/mol. The number of carbonyl (C=O) groups is 1. The number of nitrogens with one attached hydrogen (secondary N) is 1. The Morgan fingerprint density at radius 3 is 2.58 bits per heavy atom. The number of nitrogens with two attached hydrogens (primary N) is 1. The largest absolute Gasteiger partial charge is 0.330 e. The van der Waals surface area contributed by atoms with Crippen LogP contribution in [-0.4, -0.2) is 22.2 Å². The molecule has 0 saturated carbocycles. The van der Waals surface area contributed by atoms with Crippen LogP contribution in [0.1, 0.15) is 37.7 Å². The number of nitrogens with zero attached hydrogens (tertiary/aromatic N) is 2. The lowest BCUT2D eigenvalue weighted by molar-refractivity contribution is -0.116. The third-order valence-corrected chi connectivity index (χ3v) is 3.80. The molecule has 1 amide bonds. The molecule has 0 bridgehead atoms. The molecule has 0 radical (unpaired) electrons. The molecule has 0 spiro atoms. The molecular formula is C18H27ClN4O. The van der Waals surface area contributed by atoms with Gasteiger partial charge in [0.15, 0.2) is 0 Å². The first-order valence-electron chi connectivity index (χ1n) is 8.35. The Morgan fingerprint density at radius 2 is 1.83 bits per heavy atom. The van der Waals surface area contributed by atoms with Crippen LogP contribution in [0.3, 0.4) is 0 Å². The topological polar surface area (TPSA) is 72.9 Å². The molecule has 0 saturated heterocycles. The number of hydrogen-bond donors (Lipinski definition) is 2. The van der Waals surface area contributed by atoms with Crippen molar-refractivity contribution in [1.29, 1.82) is 0 Å². The molecule has 1 heterocycles. The van der Waals surface area contributed by atoms with E-state index in [1.54, 1.807) is 6.20 Å². The Labute approximate surface area is 150 Å². The maximum absolute atomic E-state index is 12.0. The number of unbranched alkanes of at least 4 members (excludes halogenated alkanes) is 3. The van der Waals surface area contributed by atoms with Crippen molar-refractivity contribution in [3.63, 3.8) is 0 Å². The van der Waals surface area contributed by atoms with E-state index in [0.717, 1.165) is 51.0 Å². The van der Waals surface area contributed by atoms with Crippen molar-refractivity contribution in [2.75, 3.05) is 11.9 Å². The Morgan fingerprint density at radius 1 is 1.08 bits per heavy atom. The monoisotopic (exact) mass is 350 g/mol. The minimum absolute atomic E-state index is 0. The van der Waals surface area contributed by atoms with Crippen molar-refractivity contribution in [3.05, 3.63) is 48.2 Å². The predicted octanol–water partition coefficient (Wildman–Crippen LogP) is 3.40. The number of aryl methyl sites for hydroxylation is 2. The van der Waals surface area contributed by atoms with E-state index in [-0.39, 0.29) is 18.3 Å². The number of aromatic nitrogens is 2. The first kappa shape index (κ1) is 20.2. The maximum atomic E-state index is 12.0. The summed E-state index contributed by atoms with van der Waals surface area (Å²) in [6, 6.07) is 12.1. The van der Waals surface area contributed by atoms with Gasteiger partial charge in [-0.2, -0.15) is 5.10 Å². The zero-order chi connectivity index (χ0) is 16.3. The second-order valence-electron chi connectivity index (χ2n) is 5.68. The van der Waals surface area contributed by atoms with Crippen LogP contribution in [-0.2, 0) is 17.8 Å². The molecule has 3 N–H and O–H groups in total. The third-order valence-electron chi connectivity index (χ3n) is 3.80. The molecule has 24 heavy (non-hydrogen) atoms. The molecule has 6 heteroatoms. The molecule has 0 aliphatic heterocycles. The van der Waals surface area contributed by atoms with Crippen LogP contribution >= 0.6 is 12.4 Å². The molecule has 5 nitrogen and oxygen atoms in total. The molecule has 0 unspecified atom stereocenters. The smallest absolute Gasteiger partial charge is 0.225 e. The van der Waals surface area contributed by atoms with E-state index in [1.807, 2.05) is 28.9 Å². The van der Waals surface area contributed by atoms with Gasteiger partial charge >= 0.3 is 0 Å². The van der Waals surface area contributed by atoms with E-state index >= 15 is 0 Å². The summed E-state index contributed by atoms with van der Waals surface area (Å²) in [5.74, 6) is 0.826. The molecule has 0 aliphatic rings. The van der Waals surface area contributed by atoms with Crippen LogP contribution in [0.4, 0.5) is 5.82 Å². The van der Waals surface area contributed by atoms with Crippen LogP contribution in [0.5, 0.6) is 0 Å². The Kier molecular flexibility index (Phi) is 9.80. The quantitative estimate of drug-likeness (QED) is 0.645. The standard InChI is InChI=1S/C18H26N4O.ClH/c19-13-7-2-1-6-10-18(23)21-17-11-14-20-22(17)15-12-16-8-4-3-5-9-16;/h3-5,8-9,11,14H,1-2,6-7,10,12-13,15,19H2,(H,21,23);1H. The first-order valence-corrected chi connectivity index (χ1v) is 8.35. The number of hydrogen-bond acceptors (Lipinski definition) is 3. The van der Waals surface area contributed by atoms with E-state index in [4.69, 9.17) is 5.73 Å². The number of rotatable bonds is 10. The zero-order valence-electron chi connectivity index (χ0n) is 14.0. The van der Waals surface area contributed by atoms with Crippen LogP contribution in [0, 0.1) is 0 Å². The van der Waals surface area contributed by atoms with Gasteiger partial charge in [0.05, 0.1) is 6.20 Å². The molecule has 0 aliphatic carbocycles. The highest BCUT2D eigenvalue weighted by Gasteiger charge is 2.07.